The van der Waals surface area contributed by atoms with Crippen molar-refractivity contribution < 1.29 is 4.74 Å². The number of ether oxygens (including phenoxy) is 1. The Hall–Kier alpha value is 0.250. The second kappa shape index (κ2) is 5.82. The van der Waals surface area contributed by atoms with Gasteiger partial charge < -0.3 is 4.74 Å². The van der Waals surface area contributed by atoms with Crippen molar-refractivity contribution in [2.24, 2.45) is 5.92 Å². The van der Waals surface area contributed by atoms with E-state index < -0.39 is 0 Å². The van der Waals surface area contributed by atoms with Crippen LogP contribution in [0.5, 0.6) is 0 Å². The van der Waals surface area contributed by atoms with Crippen molar-refractivity contribution in [1.82, 2.24) is 0 Å². The normalized spacial score (nSPS) is 31.5. The van der Waals surface area contributed by atoms with E-state index in [0.29, 0.717) is 11.3 Å². The van der Waals surface area contributed by atoms with Crippen LogP contribution in [0.25, 0.3) is 0 Å². The fourth-order valence-corrected chi connectivity index (χ4v) is 2.15. The zero-order valence-corrected chi connectivity index (χ0v) is 8.65. The summed E-state index contributed by atoms with van der Waals surface area (Å²) in [7, 11) is 0. The van der Waals surface area contributed by atoms with Crippen LogP contribution in [-0.2, 0) is 4.74 Å². The first kappa shape index (κ1) is 10.3. The number of hydrogen-bond donors (Lipinski definition) is 0. The lowest BCUT2D eigenvalue weighted by Crippen LogP contribution is -2.19. The molecule has 2 unspecified atom stereocenters. The zero-order chi connectivity index (χ0) is 8.81. The lowest BCUT2D eigenvalue weighted by atomic mass is 10.0. The molecule has 1 fully saturated rings. The quantitative estimate of drug-likeness (QED) is 0.491. The highest BCUT2D eigenvalue weighted by molar-refractivity contribution is 6.20. The topological polar surface area (TPSA) is 9.23 Å². The van der Waals surface area contributed by atoms with E-state index in [-0.39, 0.29) is 0 Å². The monoisotopic (exact) mass is 190 g/mol. The lowest BCUT2D eigenvalue weighted by molar-refractivity contribution is 0.106. The van der Waals surface area contributed by atoms with Gasteiger partial charge in [-0.25, -0.2) is 0 Å². The third-order valence-corrected chi connectivity index (χ3v) is 3.18. The fraction of sp³-hybridized carbons (Fsp3) is 1.00. The van der Waals surface area contributed by atoms with E-state index >= 15 is 0 Å². The van der Waals surface area contributed by atoms with Crippen molar-refractivity contribution in [1.29, 1.82) is 0 Å². The summed E-state index contributed by atoms with van der Waals surface area (Å²) in [5.74, 6) is 0.606. The summed E-state index contributed by atoms with van der Waals surface area (Å²) in [5, 5.41) is 0.360. The summed E-state index contributed by atoms with van der Waals surface area (Å²) in [4.78, 5) is 0. The highest BCUT2D eigenvalue weighted by atomic mass is 35.5. The van der Waals surface area contributed by atoms with Crippen LogP contribution in [0.3, 0.4) is 0 Å². The standard InChI is InChI=1S/C10H19ClO/c1-2-12-8-9-6-4-3-5-7-10(9)11/h9-10H,2-8H2,1H3. The Morgan fingerprint density at radius 1 is 1.25 bits per heavy atom. The highest BCUT2D eigenvalue weighted by Crippen LogP contribution is 2.27. The van der Waals surface area contributed by atoms with E-state index in [0.717, 1.165) is 13.2 Å². The van der Waals surface area contributed by atoms with Crippen LogP contribution < -0.4 is 0 Å². The van der Waals surface area contributed by atoms with E-state index in [4.69, 9.17) is 16.3 Å². The molecule has 1 aliphatic rings. The minimum absolute atomic E-state index is 0.360. The Labute approximate surface area is 80.4 Å². The first-order valence-electron chi connectivity index (χ1n) is 5.06. The molecule has 0 amide bonds. The first-order valence-corrected chi connectivity index (χ1v) is 5.50. The zero-order valence-electron chi connectivity index (χ0n) is 7.89. The lowest BCUT2D eigenvalue weighted by Gasteiger charge is -2.18. The predicted molar refractivity (Wildman–Crippen MR) is 52.7 cm³/mol. The summed E-state index contributed by atoms with van der Waals surface area (Å²) in [6.07, 6.45) is 6.43. The molecule has 0 bridgehead atoms. The van der Waals surface area contributed by atoms with Crippen molar-refractivity contribution in [3.05, 3.63) is 0 Å². The molecule has 0 aromatic carbocycles. The van der Waals surface area contributed by atoms with Gasteiger partial charge in [0.25, 0.3) is 0 Å². The second-order valence-electron chi connectivity index (χ2n) is 3.57. The molecule has 2 heteroatoms. The molecule has 0 aliphatic heterocycles. The second-order valence-corrected chi connectivity index (χ2v) is 4.13. The van der Waals surface area contributed by atoms with Gasteiger partial charge in [0.05, 0.1) is 6.61 Å². The average molecular weight is 191 g/mol. The smallest absolute Gasteiger partial charge is 0.0508 e. The van der Waals surface area contributed by atoms with Gasteiger partial charge in [-0.1, -0.05) is 19.3 Å². The summed E-state index contributed by atoms with van der Waals surface area (Å²) < 4.78 is 5.41. The number of hydrogen-bond acceptors (Lipinski definition) is 1. The molecule has 1 rings (SSSR count). The molecule has 2 atom stereocenters. The van der Waals surface area contributed by atoms with E-state index in [2.05, 4.69) is 0 Å². The molecule has 12 heavy (non-hydrogen) atoms. The van der Waals surface area contributed by atoms with Crippen LogP contribution in [0.4, 0.5) is 0 Å². The molecule has 0 N–H and O–H groups in total. The molecule has 1 aliphatic carbocycles. The predicted octanol–water partition coefficient (Wildman–Crippen LogP) is 3.21. The van der Waals surface area contributed by atoms with Crippen LogP contribution >= 0.6 is 11.6 Å². The van der Waals surface area contributed by atoms with Crippen molar-refractivity contribution in [2.45, 2.75) is 44.4 Å². The molecular formula is C10H19ClO. The minimum atomic E-state index is 0.360. The van der Waals surface area contributed by atoms with Crippen LogP contribution in [0, 0.1) is 5.92 Å². The molecule has 0 aromatic heterocycles. The SMILES string of the molecule is CCOCC1CCCCCC1Cl. The maximum Gasteiger partial charge on any atom is 0.0508 e. The Morgan fingerprint density at radius 2 is 2.00 bits per heavy atom. The maximum atomic E-state index is 6.24. The Morgan fingerprint density at radius 3 is 2.75 bits per heavy atom. The van der Waals surface area contributed by atoms with Crippen molar-refractivity contribution in [3.63, 3.8) is 0 Å². The summed E-state index contributed by atoms with van der Waals surface area (Å²) in [6.45, 7) is 3.73. The molecule has 0 aromatic rings. The van der Waals surface area contributed by atoms with Gasteiger partial charge in [-0.2, -0.15) is 0 Å². The van der Waals surface area contributed by atoms with Gasteiger partial charge >= 0.3 is 0 Å². The van der Waals surface area contributed by atoms with E-state index in [1.165, 1.54) is 32.1 Å². The highest BCUT2D eigenvalue weighted by Gasteiger charge is 2.21. The van der Waals surface area contributed by atoms with E-state index in [9.17, 15) is 0 Å². The molecule has 1 saturated carbocycles. The van der Waals surface area contributed by atoms with Crippen LogP contribution in [0.15, 0.2) is 0 Å². The van der Waals surface area contributed by atoms with E-state index in [1.54, 1.807) is 0 Å². The van der Waals surface area contributed by atoms with Gasteiger partial charge in [0.2, 0.25) is 0 Å². The fourth-order valence-electron chi connectivity index (χ4n) is 1.80. The molecule has 0 heterocycles. The average Bonchev–Trinajstić information content (AvgIpc) is 2.27. The van der Waals surface area contributed by atoms with Crippen LogP contribution in [0.1, 0.15) is 39.0 Å². The summed E-state index contributed by atoms with van der Waals surface area (Å²) in [6, 6.07) is 0. The van der Waals surface area contributed by atoms with Crippen LogP contribution in [0.2, 0.25) is 0 Å². The Bertz CT molecular complexity index is 116. The van der Waals surface area contributed by atoms with E-state index in [1.807, 2.05) is 6.92 Å². The van der Waals surface area contributed by atoms with Gasteiger partial charge in [-0.05, 0) is 25.7 Å². The van der Waals surface area contributed by atoms with Gasteiger partial charge in [0, 0.05) is 12.0 Å². The molecule has 0 spiro atoms. The van der Waals surface area contributed by atoms with Crippen molar-refractivity contribution in [3.8, 4) is 0 Å². The largest absolute Gasteiger partial charge is 0.381 e. The van der Waals surface area contributed by atoms with Gasteiger partial charge in [0.1, 0.15) is 0 Å². The van der Waals surface area contributed by atoms with Gasteiger partial charge in [-0.3, -0.25) is 0 Å². The van der Waals surface area contributed by atoms with Gasteiger partial charge in [-0.15, -0.1) is 11.6 Å². The minimum Gasteiger partial charge on any atom is -0.381 e. The Kier molecular flexibility index (Phi) is 5.01. The number of halogens is 1. The first-order chi connectivity index (χ1) is 5.84. The molecule has 0 radical (unpaired) electrons. The third-order valence-electron chi connectivity index (χ3n) is 2.60. The van der Waals surface area contributed by atoms with Gasteiger partial charge in [0.15, 0.2) is 0 Å². The summed E-state index contributed by atoms with van der Waals surface area (Å²) >= 11 is 6.24. The Balaban J connectivity index is 2.26. The third kappa shape index (κ3) is 3.32. The van der Waals surface area contributed by atoms with Crippen LogP contribution in [-0.4, -0.2) is 18.6 Å². The molecule has 1 nitrogen and oxygen atoms in total. The molecule has 0 saturated heterocycles. The molecular weight excluding hydrogens is 172 g/mol. The number of rotatable bonds is 3. The summed E-state index contributed by atoms with van der Waals surface area (Å²) in [5.41, 5.74) is 0. The maximum absolute atomic E-state index is 6.24. The van der Waals surface area contributed by atoms with Crippen molar-refractivity contribution >= 4 is 11.6 Å². The number of alkyl halides is 1. The molecule has 72 valence electrons. The van der Waals surface area contributed by atoms with Crippen molar-refractivity contribution in [2.75, 3.05) is 13.2 Å².